The van der Waals surface area contributed by atoms with Crippen molar-refractivity contribution in [2.24, 2.45) is 0 Å². The summed E-state index contributed by atoms with van der Waals surface area (Å²) in [6.45, 7) is 47.8. The Kier molecular flexibility index (Phi) is 58.0. The first-order chi connectivity index (χ1) is 27.4. The normalized spacial score (nSPS) is 10.8. The van der Waals surface area contributed by atoms with Crippen LogP contribution in [0.2, 0.25) is 0 Å². The van der Waals surface area contributed by atoms with E-state index in [9.17, 15) is 0 Å². The van der Waals surface area contributed by atoms with Crippen LogP contribution in [0.15, 0.2) is 60.7 Å². The quantitative estimate of drug-likeness (QED) is 0.142. The lowest BCUT2D eigenvalue weighted by Crippen LogP contribution is -2.17. The van der Waals surface area contributed by atoms with Gasteiger partial charge < -0.3 is 0 Å². The fraction of sp³-hybridized carbons (Fsp3) is 0.625. The second-order valence-corrected chi connectivity index (χ2v) is 24.2. The minimum atomic E-state index is 0. The molecule has 0 saturated heterocycles. The summed E-state index contributed by atoms with van der Waals surface area (Å²) in [6, 6.07) is 25.5. The zero-order valence-electron chi connectivity index (χ0n) is 41.8. The minimum Gasteiger partial charge on any atom is -0.0776 e. The molecule has 0 radical (unpaired) electrons. The molecule has 0 heterocycles. The zero-order valence-corrected chi connectivity index (χ0v) is 41.8. The van der Waals surface area contributed by atoms with E-state index in [4.69, 9.17) is 0 Å². The number of fused-ring (bicyclic) bond motifs is 10. The summed E-state index contributed by atoms with van der Waals surface area (Å²) in [5.41, 5.74) is 29.2. The van der Waals surface area contributed by atoms with Gasteiger partial charge in [-0.2, -0.15) is 0 Å². The maximum Gasteiger partial charge on any atom is -0.00201 e. The summed E-state index contributed by atoms with van der Waals surface area (Å²) >= 11 is 0. The van der Waals surface area contributed by atoms with E-state index in [1.165, 1.54) is 111 Å². The Labute approximate surface area is 515 Å². The average Bonchev–Trinajstić information content (AvgIpc) is 3.09. The van der Waals surface area contributed by atoms with Crippen molar-refractivity contribution in [1.82, 2.24) is 0 Å². The number of hydrogen-bond donors (Lipinski definition) is 0. The van der Waals surface area contributed by atoms with Crippen molar-refractivity contribution in [3.05, 3.63) is 172 Å². The molecular weight excluding hydrogens is 961 g/mol. The second-order valence-electron chi connectivity index (χ2n) is 24.2. The summed E-state index contributed by atoms with van der Waals surface area (Å²) in [6.07, 6.45) is 4.69. The molecule has 0 unspecified atom stereocenters. The van der Waals surface area contributed by atoms with Crippen molar-refractivity contribution in [2.45, 2.75) is 346 Å². The summed E-state index contributed by atoms with van der Waals surface area (Å²) in [5, 5.41) is 0. The fourth-order valence-corrected chi connectivity index (χ4v) is 9.23. The summed E-state index contributed by atoms with van der Waals surface area (Å²) in [7, 11) is 0. The molecule has 480 valence electrons. The van der Waals surface area contributed by atoms with Gasteiger partial charge in [-0.15, -0.1) is 0 Å². The van der Waals surface area contributed by atoms with Gasteiger partial charge in [0.15, 0.2) is 0 Å². The van der Waals surface area contributed by atoms with E-state index in [-0.39, 0.29) is 176 Å². The Bertz CT molecular complexity index is 1920. The third kappa shape index (κ3) is 24.9. The molecule has 10 bridgehead atoms. The van der Waals surface area contributed by atoms with Gasteiger partial charge in [-0.25, -0.2) is 0 Å². The van der Waals surface area contributed by atoms with E-state index in [0.717, 1.165) is 32.1 Å². The van der Waals surface area contributed by atoms with Crippen LogP contribution in [0.4, 0.5) is 0 Å². The summed E-state index contributed by atoms with van der Waals surface area (Å²) < 4.78 is 0. The highest BCUT2D eigenvalue weighted by Gasteiger charge is 2.26. The van der Waals surface area contributed by atoms with E-state index in [1.54, 1.807) is 0 Å². The van der Waals surface area contributed by atoms with E-state index in [2.05, 4.69) is 199 Å². The highest BCUT2D eigenvalue weighted by Crippen LogP contribution is 2.39. The van der Waals surface area contributed by atoms with Gasteiger partial charge in [-0.1, -0.05) is 313 Å². The van der Waals surface area contributed by atoms with Crippen molar-refractivity contribution >= 4 is 0 Å². The predicted molar refractivity (Wildman–Crippen MR) is 398 cm³/mol. The number of rotatable bonds is 0. The van der Waals surface area contributed by atoms with Crippen LogP contribution >= 0.6 is 0 Å². The van der Waals surface area contributed by atoms with Crippen molar-refractivity contribution in [3.63, 3.8) is 0 Å². The van der Waals surface area contributed by atoms with Crippen LogP contribution in [-0.2, 0) is 59.2 Å². The van der Waals surface area contributed by atoms with Crippen LogP contribution in [0.3, 0.4) is 0 Å². The van der Waals surface area contributed by atoms with Crippen LogP contribution in [0.5, 0.6) is 0 Å². The first kappa shape index (κ1) is 115. The van der Waals surface area contributed by atoms with E-state index in [0.29, 0.717) is 0 Å². The topological polar surface area (TPSA) is 0 Å². The van der Waals surface area contributed by atoms with Gasteiger partial charge in [0.05, 0.1) is 0 Å². The third-order valence-electron chi connectivity index (χ3n) is 14.3. The lowest BCUT2D eigenvalue weighted by Gasteiger charge is -2.28. The summed E-state index contributed by atoms with van der Waals surface area (Å²) in [4.78, 5) is 0. The molecule has 1 aliphatic carbocycles. The minimum absolute atomic E-state index is 0. The third-order valence-corrected chi connectivity index (χ3v) is 14.3. The maximum absolute atomic E-state index is 2.55. The molecular formula is C80H160. The van der Waals surface area contributed by atoms with Gasteiger partial charge in [0.1, 0.15) is 0 Å². The Balaban J connectivity index is -0.000000162. The fourth-order valence-electron chi connectivity index (χ4n) is 9.23. The highest BCUT2D eigenvalue weighted by molar-refractivity contribution is 5.55. The van der Waals surface area contributed by atoms with Crippen LogP contribution < -0.4 is 0 Å². The maximum atomic E-state index is 2.55. The van der Waals surface area contributed by atoms with Crippen LogP contribution in [0.25, 0.3) is 0 Å². The lowest BCUT2D eigenvalue weighted by molar-refractivity contribution is 0.587. The van der Waals surface area contributed by atoms with Gasteiger partial charge in [0, 0.05) is 0 Å². The van der Waals surface area contributed by atoms with Gasteiger partial charge in [0.25, 0.3) is 0 Å². The lowest BCUT2D eigenvalue weighted by atomic mass is 9.77. The molecule has 0 N–H and O–H groups in total. The monoisotopic (exact) mass is 1120 g/mol. The van der Waals surface area contributed by atoms with E-state index < -0.39 is 0 Å². The van der Waals surface area contributed by atoms with Crippen molar-refractivity contribution in [2.75, 3.05) is 0 Å². The van der Waals surface area contributed by atoms with E-state index in [1.807, 2.05) is 0 Å². The molecule has 0 amide bonds. The smallest absolute Gasteiger partial charge is 0.00201 e. The Morgan fingerprint density at radius 2 is 0.250 bits per heavy atom. The number of hydrogen-bond acceptors (Lipinski definition) is 0. The second kappa shape index (κ2) is 40.3. The number of benzene rings is 5. The van der Waals surface area contributed by atoms with Gasteiger partial charge in [-0.3, -0.25) is 0 Å². The van der Waals surface area contributed by atoms with Gasteiger partial charge in [0.2, 0.25) is 0 Å². The molecule has 5 aromatic rings. The molecule has 6 rings (SSSR count). The predicted octanol–water partition coefficient (Wildman–Crippen LogP) is 28.7. The molecule has 0 aromatic heterocycles. The molecule has 0 spiro atoms. The summed E-state index contributed by atoms with van der Waals surface area (Å²) in [5.74, 6) is 0. The van der Waals surface area contributed by atoms with Crippen LogP contribution in [-0.4, -0.2) is 0 Å². The molecule has 0 fully saturated rings. The van der Waals surface area contributed by atoms with E-state index >= 15 is 0 Å². The first-order valence-electron chi connectivity index (χ1n) is 23.1. The van der Waals surface area contributed by atoms with Crippen molar-refractivity contribution in [3.8, 4) is 0 Å². The van der Waals surface area contributed by atoms with Gasteiger partial charge in [-0.05, 0) is 205 Å². The van der Waals surface area contributed by atoms with Crippen LogP contribution in [0.1, 0.15) is 364 Å². The molecule has 80 heavy (non-hydrogen) atoms. The first-order valence-corrected chi connectivity index (χ1v) is 23.1. The van der Waals surface area contributed by atoms with Crippen molar-refractivity contribution < 1.29 is 0 Å². The zero-order chi connectivity index (χ0) is 44.7. The van der Waals surface area contributed by atoms with Crippen molar-refractivity contribution in [1.29, 1.82) is 0 Å². The standard InChI is InChI=1S/C60H80.20CH4/c1-36-41-21-43-28-52(57(9,10)11)30-45(37(43)2)23-47-32-54(59(15,16)17)34-49(39(47)4)25-50-35-55(60(18,19)20)33-48(40(50)5)24-46-31-53(58(12,13)14)29-44(38(46)3)22-42(36)27-51(26-41)56(6,7)8;;;;;;;;;;;;;;;;;;;;/h26-35H,21-25H2,1-20H3;20*1H4. The average molecular weight is 1120 g/mol. The van der Waals surface area contributed by atoms with Gasteiger partial charge >= 0.3 is 0 Å². The Hall–Kier alpha value is -3.90. The highest BCUT2D eigenvalue weighted by atomic mass is 14.3. The molecule has 1 aliphatic rings. The molecule has 0 nitrogen and oxygen atoms in total. The molecule has 0 saturated carbocycles. The molecule has 0 heteroatoms. The Morgan fingerprint density at radius 1 is 0.175 bits per heavy atom. The molecule has 0 aliphatic heterocycles. The SMILES string of the molecule is C.C.C.C.C.C.C.C.C.C.C.C.C.C.C.C.C.C.C.C.Cc1c2cc(C(C)(C)C)cc1Cc1cc(C(C)(C)C)cc(c1C)Cc1cc(C(C)(C)C)cc(c1C)Cc1cc(C(C)(C)C)cc(c1C)Cc1cc(C(C)(C)C)cc(c1C)C2. The van der Waals surface area contributed by atoms with Crippen LogP contribution in [0, 0.1) is 34.6 Å². The molecule has 5 aromatic carbocycles. The molecule has 0 atom stereocenters. The largest absolute Gasteiger partial charge is 0.0776 e. The Morgan fingerprint density at radius 3 is 0.312 bits per heavy atom.